The minimum Gasteiger partial charge on any atom is -0.326 e. The third-order valence-corrected chi connectivity index (χ3v) is 4.72. The van der Waals surface area contributed by atoms with Crippen LogP contribution in [0.5, 0.6) is 0 Å². The van der Waals surface area contributed by atoms with Crippen molar-refractivity contribution in [3.8, 4) is 0 Å². The van der Waals surface area contributed by atoms with E-state index in [9.17, 15) is 4.39 Å². The van der Waals surface area contributed by atoms with Gasteiger partial charge >= 0.3 is 0 Å². The summed E-state index contributed by atoms with van der Waals surface area (Å²) >= 11 is 3.22. The zero-order valence-electron chi connectivity index (χ0n) is 12.5. The highest BCUT2D eigenvalue weighted by molar-refractivity contribution is 9.10. The van der Waals surface area contributed by atoms with Crippen molar-refractivity contribution in [3.05, 3.63) is 34.1 Å². The Morgan fingerprint density at radius 3 is 2.60 bits per heavy atom. The van der Waals surface area contributed by atoms with Gasteiger partial charge in [0.05, 0.1) is 10.5 Å². The molecule has 2 nitrogen and oxygen atoms in total. The predicted octanol–water partition coefficient (Wildman–Crippen LogP) is 4.24. The second-order valence-electron chi connectivity index (χ2n) is 6.64. The highest BCUT2D eigenvalue weighted by Gasteiger charge is 2.35. The number of benzene rings is 1. The summed E-state index contributed by atoms with van der Waals surface area (Å²) in [5.41, 5.74) is 7.42. The standard InChI is InChI=1S/C16H24BrFN2/c1-16(2,3)20-9-5-4-6-14(19)15(20)11-7-8-12(17)13(18)10-11/h7-8,10,14-15H,4-6,9,19H2,1-3H3. The Labute approximate surface area is 129 Å². The maximum atomic E-state index is 13.9. The minimum absolute atomic E-state index is 0.0240. The molecule has 20 heavy (non-hydrogen) atoms. The van der Waals surface area contributed by atoms with Crippen LogP contribution in [0, 0.1) is 5.82 Å². The summed E-state index contributed by atoms with van der Waals surface area (Å²) in [7, 11) is 0. The second-order valence-corrected chi connectivity index (χ2v) is 7.50. The van der Waals surface area contributed by atoms with Crippen molar-refractivity contribution in [2.75, 3.05) is 6.54 Å². The summed E-state index contributed by atoms with van der Waals surface area (Å²) < 4.78 is 14.4. The average molecular weight is 343 g/mol. The van der Waals surface area contributed by atoms with E-state index >= 15 is 0 Å². The van der Waals surface area contributed by atoms with E-state index in [4.69, 9.17) is 5.73 Å². The third kappa shape index (κ3) is 3.41. The number of nitrogens with zero attached hydrogens (tertiary/aromatic N) is 1. The smallest absolute Gasteiger partial charge is 0.137 e. The Bertz CT molecular complexity index is 470. The van der Waals surface area contributed by atoms with Gasteiger partial charge in [-0.25, -0.2) is 4.39 Å². The van der Waals surface area contributed by atoms with Gasteiger partial charge in [-0.2, -0.15) is 0 Å². The molecule has 0 aliphatic carbocycles. The van der Waals surface area contributed by atoms with E-state index in [1.165, 1.54) is 0 Å². The number of halogens is 2. The Morgan fingerprint density at radius 2 is 2.00 bits per heavy atom. The number of hydrogen-bond acceptors (Lipinski definition) is 2. The van der Waals surface area contributed by atoms with Gasteiger partial charge in [-0.3, -0.25) is 4.90 Å². The first-order chi connectivity index (χ1) is 9.30. The first-order valence-electron chi connectivity index (χ1n) is 7.28. The lowest BCUT2D eigenvalue weighted by Crippen LogP contribution is -2.49. The lowest BCUT2D eigenvalue weighted by Gasteiger charge is -2.43. The van der Waals surface area contributed by atoms with Gasteiger partial charge in [-0.15, -0.1) is 0 Å². The minimum atomic E-state index is -0.215. The molecule has 0 spiro atoms. The fourth-order valence-electron chi connectivity index (χ4n) is 3.07. The molecule has 0 saturated carbocycles. The monoisotopic (exact) mass is 342 g/mol. The van der Waals surface area contributed by atoms with Crippen molar-refractivity contribution in [2.45, 2.75) is 57.7 Å². The molecule has 1 heterocycles. The van der Waals surface area contributed by atoms with Crippen LogP contribution in [-0.2, 0) is 0 Å². The predicted molar refractivity (Wildman–Crippen MR) is 85.1 cm³/mol. The molecule has 0 aromatic heterocycles. The molecule has 1 aliphatic heterocycles. The van der Waals surface area contributed by atoms with Crippen LogP contribution in [0.15, 0.2) is 22.7 Å². The van der Waals surface area contributed by atoms with Crippen LogP contribution in [0.2, 0.25) is 0 Å². The molecule has 0 bridgehead atoms. The number of likely N-dealkylation sites (tertiary alicyclic amines) is 1. The van der Waals surface area contributed by atoms with Gasteiger partial charge in [0.1, 0.15) is 5.82 Å². The van der Waals surface area contributed by atoms with E-state index in [1.54, 1.807) is 12.1 Å². The van der Waals surface area contributed by atoms with Gasteiger partial charge in [-0.1, -0.05) is 12.5 Å². The molecule has 1 aromatic rings. The summed E-state index contributed by atoms with van der Waals surface area (Å²) in [5.74, 6) is -0.215. The summed E-state index contributed by atoms with van der Waals surface area (Å²) in [4.78, 5) is 2.42. The Kier molecular flexibility index (Phi) is 4.88. The van der Waals surface area contributed by atoms with Crippen LogP contribution in [0.25, 0.3) is 0 Å². The summed E-state index contributed by atoms with van der Waals surface area (Å²) in [6, 6.07) is 5.53. The zero-order chi connectivity index (χ0) is 14.9. The van der Waals surface area contributed by atoms with Gasteiger partial charge in [-0.05, 0) is 73.8 Å². The van der Waals surface area contributed by atoms with E-state index < -0.39 is 0 Å². The van der Waals surface area contributed by atoms with Crippen molar-refractivity contribution >= 4 is 15.9 Å². The summed E-state index contributed by atoms with van der Waals surface area (Å²) in [5, 5.41) is 0. The van der Waals surface area contributed by atoms with Crippen LogP contribution >= 0.6 is 15.9 Å². The first kappa shape index (κ1) is 15.9. The van der Waals surface area contributed by atoms with Gasteiger partial charge in [0.25, 0.3) is 0 Å². The van der Waals surface area contributed by atoms with Crippen molar-refractivity contribution in [2.24, 2.45) is 5.73 Å². The second kappa shape index (κ2) is 6.12. The SMILES string of the molecule is CC(C)(C)N1CCCCC(N)C1c1ccc(Br)c(F)c1. The molecule has 1 aromatic carbocycles. The van der Waals surface area contributed by atoms with Crippen molar-refractivity contribution in [1.29, 1.82) is 0 Å². The van der Waals surface area contributed by atoms with Crippen molar-refractivity contribution in [1.82, 2.24) is 4.90 Å². The lowest BCUT2D eigenvalue weighted by molar-refractivity contribution is 0.0753. The van der Waals surface area contributed by atoms with E-state index in [2.05, 4.69) is 41.6 Å². The van der Waals surface area contributed by atoms with E-state index in [-0.39, 0.29) is 23.4 Å². The fraction of sp³-hybridized carbons (Fsp3) is 0.625. The van der Waals surface area contributed by atoms with Gasteiger partial charge in [0.15, 0.2) is 0 Å². The molecule has 2 N–H and O–H groups in total. The molecule has 2 unspecified atom stereocenters. The molecule has 4 heteroatoms. The van der Waals surface area contributed by atoms with Crippen LogP contribution in [0.1, 0.15) is 51.6 Å². The number of nitrogens with two attached hydrogens (primary N) is 1. The van der Waals surface area contributed by atoms with E-state index in [0.717, 1.165) is 31.4 Å². The molecule has 0 amide bonds. The van der Waals surface area contributed by atoms with E-state index in [1.807, 2.05) is 6.07 Å². The topological polar surface area (TPSA) is 29.3 Å². The molecular weight excluding hydrogens is 319 g/mol. The van der Waals surface area contributed by atoms with Crippen LogP contribution < -0.4 is 5.73 Å². The largest absolute Gasteiger partial charge is 0.326 e. The quantitative estimate of drug-likeness (QED) is 0.826. The van der Waals surface area contributed by atoms with Gasteiger partial charge in [0, 0.05) is 11.6 Å². The number of rotatable bonds is 1. The van der Waals surface area contributed by atoms with Crippen LogP contribution in [0.4, 0.5) is 4.39 Å². The third-order valence-electron chi connectivity index (χ3n) is 4.07. The van der Waals surface area contributed by atoms with Crippen LogP contribution in [0.3, 0.4) is 0 Å². The molecule has 1 aliphatic rings. The Balaban J connectivity index is 2.42. The normalized spacial score (nSPS) is 25.5. The molecule has 1 saturated heterocycles. The summed E-state index contributed by atoms with van der Waals surface area (Å²) in [6.07, 6.45) is 3.29. The lowest BCUT2D eigenvalue weighted by atomic mass is 9.92. The highest BCUT2D eigenvalue weighted by atomic mass is 79.9. The molecule has 0 radical (unpaired) electrons. The van der Waals surface area contributed by atoms with Gasteiger partial charge < -0.3 is 5.73 Å². The zero-order valence-corrected chi connectivity index (χ0v) is 14.1. The summed E-state index contributed by atoms with van der Waals surface area (Å²) in [6.45, 7) is 7.62. The van der Waals surface area contributed by atoms with Gasteiger partial charge in [0.2, 0.25) is 0 Å². The van der Waals surface area contributed by atoms with E-state index in [0.29, 0.717) is 4.47 Å². The Morgan fingerprint density at radius 1 is 1.30 bits per heavy atom. The molecular formula is C16H24BrFN2. The van der Waals surface area contributed by atoms with Crippen molar-refractivity contribution in [3.63, 3.8) is 0 Å². The number of hydrogen-bond donors (Lipinski definition) is 1. The average Bonchev–Trinajstić information content (AvgIpc) is 2.54. The fourth-order valence-corrected chi connectivity index (χ4v) is 3.31. The highest BCUT2D eigenvalue weighted by Crippen LogP contribution is 2.35. The molecule has 112 valence electrons. The molecule has 2 rings (SSSR count). The maximum Gasteiger partial charge on any atom is 0.137 e. The maximum absolute atomic E-state index is 13.9. The Hall–Kier alpha value is -0.450. The molecule has 2 atom stereocenters. The first-order valence-corrected chi connectivity index (χ1v) is 8.07. The van der Waals surface area contributed by atoms with Crippen molar-refractivity contribution < 1.29 is 4.39 Å². The molecule has 1 fully saturated rings. The van der Waals surface area contributed by atoms with Crippen LogP contribution in [-0.4, -0.2) is 23.0 Å².